The number of urea groups is 1. The van der Waals surface area contributed by atoms with E-state index >= 15 is 0 Å². The van der Waals surface area contributed by atoms with E-state index in [2.05, 4.69) is 38.3 Å². The van der Waals surface area contributed by atoms with Gasteiger partial charge in [0.25, 0.3) is 0 Å². The topological polar surface area (TPSA) is 61.4 Å². The van der Waals surface area contributed by atoms with Gasteiger partial charge in [-0.05, 0) is 36.5 Å². The monoisotopic (exact) mass is 270 g/mol. The summed E-state index contributed by atoms with van der Waals surface area (Å²) < 4.78 is 0. The molecule has 0 unspecified atom stereocenters. The molecule has 112 valence electrons. The predicted octanol–water partition coefficient (Wildman–Crippen LogP) is 2.52. The highest BCUT2D eigenvalue weighted by atomic mass is 16.3. The third-order valence-corrected chi connectivity index (χ3v) is 4.74. The average molecular weight is 270 g/mol. The molecule has 19 heavy (non-hydrogen) atoms. The minimum Gasteiger partial charge on any atom is -0.396 e. The normalized spacial score (nSPS) is 23.7. The van der Waals surface area contributed by atoms with Crippen LogP contribution in [0.5, 0.6) is 0 Å². The van der Waals surface area contributed by atoms with E-state index in [4.69, 9.17) is 5.11 Å². The lowest BCUT2D eigenvalue weighted by Crippen LogP contribution is -2.47. The van der Waals surface area contributed by atoms with Gasteiger partial charge in [-0.3, -0.25) is 0 Å². The van der Waals surface area contributed by atoms with Crippen molar-refractivity contribution in [3.8, 4) is 0 Å². The molecule has 0 radical (unpaired) electrons. The Hall–Kier alpha value is -0.770. The molecule has 4 nitrogen and oxygen atoms in total. The van der Waals surface area contributed by atoms with Gasteiger partial charge < -0.3 is 15.7 Å². The highest BCUT2D eigenvalue weighted by molar-refractivity contribution is 5.74. The molecular weight excluding hydrogens is 240 g/mol. The zero-order chi connectivity index (χ0) is 14.5. The van der Waals surface area contributed by atoms with Gasteiger partial charge >= 0.3 is 6.03 Å². The fraction of sp³-hybridized carbons (Fsp3) is 0.933. The lowest BCUT2D eigenvalue weighted by atomic mass is 9.81. The molecular formula is C15H30N2O2. The number of hydrogen-bond donors (Lipinski definition) is 3. The Balaban J connectivity index is 2.35. The summed E-state index contributed by atoms with van der Waals surface area (Å²) in [4.78, 5) is 11.9. The number of aliphatic hydroxyl groups is 1. The van der Waals surface area contributed by atoms with Crippen LogP contribution in [0.25, 0.3) is 0 Å². The van der Waals surface area contributed by atoms with Crippen LogP contribution in [0.2, 0.25) is 0 Å². The van der Waals surface area contributed by atoms with Crippen molar-refractivity contribution in [1.29, 1.82) is 0 Å². The lowest BCUT2D eigenvalue weighted by Gasteiger charge is -2.30. The predicted molar refractivity (Wildman–Crippen MR) is 78.0 cm³/mol. The van der Waals surface area contributed by atoms with Crippen LogP contribution in [-0.4, -0.2) is 30.3 Å². The van der Waals surface area contributed by atoms with Gasteiger partial charge in [0, 0.05) is 19.2 Å². The number of hydrogen-bond acceptors (Lipinski definition) is 2. The Bertz CT molecular complexity index is 290. The van der Waals surface area contributed by atoms with Gasteiger partial charge in [0.05, 0.1) is 0 Å². The highest BCUT2D eigenvalue weighted by Crippen LogP contribution is 2.28. The van der Waals surface area contributed by atoms with Gasteiger partial charge in [-0.25, -0.2) is 4.79 Å². The van der Waals surface area contributed by atoms with Crippen LogP contribution in [0.1, 0.15) is 53.4 Å². The standard InChI is InChI=1S/C15H30N2O2/c1-11(2)15(3,4)10-16-14(19)17-13-7-5-6-12(13)8-9-18/h11-13,18H,5-10H2,1-4H3,(H2,16,17,19)/t12-,13+/m1/s1. The van der Waals surface area contributed by atoms with Crippen molar-refractivity contribution in [3.63, 3.8) is 0 Å². The second-order valence-electron chi connectivity index (χ2n) is 6.78. The Morgan fingerprint density at radius 3 is 2.63 bits per heavy atom. The van der Waals surface area contributed by atoms with Crippen molar-refractivity contribution in [1.82, 2.24) is 10.6 Å². The number of amides is 2. The van der Waals surface area contributed by atoms with Gasteiger partial charge in [0.1, 0.15) is 0 Å². The second kappa shape index (κ2) is 7.13. The molecule has 4 heteroatoms. The molecule has 1 fully saturated rings. The maximum Gasteiger partial charge on any atom is 0.315 e. The fourth-order valence-corrected chi connectivity index (χ4v) is 2.47. The maximum atomic E-state index is 11.9. The van der Waals surface area contributed by atoms with Crippen LogP contribution < -0.4 is 10.6 Å². The molecule has 1 aliphatic carbocycles. The summed E-state index contributed by atoms with van der Waals surface area (Å²) in [6.07, 6.45) is 4.09. The molecule has 0 bridgehead atoms. The molecule has 0 aromatic heterocycles. The average Bonchev–Trinajstić information content (AvgIpc) is 2.75. The fourth-order valence-electron chi connectivity index (χ4n) is 2.47. The Kier molecular flexibility index (Phi) is 6.11. The molecule has 2 atom stereocenters. The summed E-state index contributed by atoms with van der Waals surface area (Å²) >= 11 is 0. The Morgan fingerprint density at radius 1 is 1.37 bits per heavy atom. The molecule has 0 aromatic carbocycles. The summed E-state index contributed by atoms with van der Waals surface area (Å²) in [5.74, 6) is 0.968. The minimum absolute atomic E-state index is 0.0661. The van der Waals surface area contributed by atoms with Crippen molar-refractivity contribution in [2.75, 3.05) is 13.2 Å². The first-order valence-electron chi connectivity index (χ1n) is 7.52. The van der Waals surface area contributed by atoms with Gasteiger partial charge in [-0.2, -0.15) is 0 Å². The molecule has 3 N–H and O–H groups in total. The zero-order valence-electron chi connectivity index (χ0n) is 12.8. The smallest absolute Gasteiger partial charge is 0.315 e. The first kappa shape index (κ1) is 16.3. The summed E-state index contributed by atoms with van der Waals surface area (Å²) in [5.41, 5.74) is 0.109. The third kappa shape index (κ3) is 5.01. The SMILES string of the molecule is CC(C)C(C)(C)CNC(=O)N[C@H]1CCC[C@@H]1CCO. The van der Waals surface area contributed by atoms with E-state index in [0.29, 0.717) is 18.4 Å². The molecule has 0 aromatic rings. The first-order chi connectivity index (χ1) is 8.86. The largest absolute Gasteiger partial charge is 0.396 e. The van der Waals surface area contributed by atoms with Crippen LogP contribution in [0.4, 0.5) is 4.79 Å². The molecule has 0 heterocycles. The maximum absolute atomic E-state index is 11.9. The summed E-state index contributed by atoms with van der Waals surface area (Å²) in [5, 5.41) is 15.1. The minimum atomic E-state index is -0.0661. The molecule has 1 saturated carbocycles. The van der Waals surface area contributed by atoms with Crippen molar-refractivity contribution >= 4 is 6.03 Å². The Morgan fingerprint density at radius 2 is 2.05 bits per heavy atom. The third-order valence-electron chi connectivity index (χ3n) is 4.74. The molecule has 0 saturated heterocycles. The molecule has 0 spiro atoms. The number of rotatable bonds is 6. The lowest BCUT2D eigenvalue weighted by molar-refractivity contribution is 0.206. The van der Waals surface area contributed by atoms with Crippen molar-refractivity contribution in [2.24, 2.45) is 17.3 Å². The summed E-state index contributed by atoms with van der Waals surface area (Å²) in [6.45, 7) is 9.59. The molecule has 0 aliphatic heterocycles. The summed E-state index contributed by atoms with van der Waals surface area (Å²) in [7, 11) is 0. The second-order valence-corrected chi connectivity index (χ2v) is 6.78. The van der Waals surface area contributed by atoms with E-state index in [1.54, 1.807) is 0 Å². The molecule has 2 amide bonds. The van der Waals surface area contributed by atoms with Gasteiger partial charge in [0.15, 0.2) is 0 Å². The van der Waals surface area contributed by atoms with E-state index in [9.17, 15) is 4.79 Å². The van der Waals surface area contributed by atoms with E-state index in [-0.39, 0.29) is 24.1 Å². The quantitative estimate of drug-likeness (QED) is 0.694. The van der Waals surface area contributed by atoms with E-state index in [0.717, 1.165) is 25.7 Å². The van der Waals surface area contributed by atoms with Crippen LogP contribution in [-0.2, 0) is 0 Å². The van der Waals surface area contributed by atoms with Gasteiger partial charge in [-0.15, -0.1) is 0 Å². The van der Waals surface area contributed by atoms with Crippen LogP contribution in [0.15, 0.2) is 0 Å². The number of carbonyl (C=O) groups excluding carboxylic acids is 1. The molecule has 1 rings (SSSR count). The number of aliphatic hydroxyl groups excluding tert-OH is 1. The highest BCUT2D eigenvalue weighted by Gasteiger charge is 2.29. The van der Waals surface area contributed by atoms with Crippen LogP contribution >= 0.6 is 0 Å². The van der Waals surface area contributed by atoms with E-state index in [1.165, 1.54) is 0 Å². The van der Waals surface area contributed by atoms with Crippen molar-refractivity contribution in [3.05, 3.63) is 0 Å². The number of nitrogens with one attached hydrogen (secondary N) is 2. The van der Waals surface area contributed by atoms with Crippen LogP contribution in [0, 0.1) is 17.3 Å². The van der Waals surface area contributed by atoms with E-state index < -0.39 is 0 Å². The van der Waals surface area contributed by atoms with Gasteiger partial charge in [0.2, 0.25) is 0 Å². The molecule has 1 aliphatic rings. The summed E-state index contributed by atoms with van der Waals surface area (Å²) in [6, 6.07) is 0.165. The van der Waals surface area contributed by atoms with Gasteiger partial charge in [-0.1, -0.05) is 34.1 Å². The van der Waals surface area contributed by atoms with Crippen LogP contribution in [0.3, 0.4) is 0 Å². The zero-order valence-corrected chi connectivity index (χ0v) is 12.8. The first-order valence-corrected chi connectivity index (χ1v) is 7.52. The Labute approximate surface area is 117 Å². The van der Waals surface area contributed by atoms with Crippen molar-refractivity contribution < 1.29 is 9.90 Å². The van der Waals surface area contributed by atoms with Crippen molar-refractivity contribution in [2.45, 2.75) is 59.4 Å². The van der Waals surface area contributed by atoms with E-state index in [1.807, 2.05) is 0 Å². The number of carbonyl (C=O) groups is 1.